The van der Waals surface area contributed by atoms with Crippen LogP contribution in [0.4, 0.5) is 5.69 Å². The fourth-order valence-corrected chi connectivity index (χ4v) is 3.14. The molecule has 0 spiro atoms. The number of nitrogens with one attached hydrogen (secondary N) is 1. The molecular weight excluding hydrogens is 440 g/mol. The SMILES string of the molecule is O=C(Nc1ccc(Br)cc1)c1ccccc1-c1ncc(-c2ccc(Cl)cc2)o1. The summed E-state index contributed by atoms with van der Waals surface area (Å²) < 4.78 is 6.86. The molecule has 1 N–H and O–H groups in total. The number of carbonyl (C=O) groups is 1. The third-order valence-corrected chi connectivity index (χ3v) is 4.92. The monoisotopic (exact) mass is 452 g/mol. The predicted molar refractivity (Wildman–Crippen MR) is 114 cm³/mol. The fourth-order valence-electron chi connectivity index (χ4n) is 2.75. The maximum Gasteiger partial charge on any atom is 0.256 e. The maximum absolute atomic E-state index is 12.8. The quantitative estimate of drug-likeness (QED) is 0.375. The van der Waals surface area contributed by atoms with Crippen LogP contribution < -0.4 is 5.32 Å². The van der Waals surface area contributed by atoms with E-state index in [1.807, 2.05) is 54.6 Å². The summed E-state index contributed by atoms with van der Waals surface area (Å²) in [7, 11) is 0. The maximum atomic E-state index is 12.8. The third-order valence-electron chi connectivity index (χ3n) is 4.14. The van der Waals surface area contributed by atoms with E-state index in [1.165, 1.54) is 0 Å². The van der Waals surface area contributed by atoms with Crippen LogP contribution >= 0.6 is 27.5 Å². The first kappa shape index (κ1) is 18.5. The summed E-state index contributed by atoms with van der Waals surface area (Å²) in [6, 6.07) is 21.9. The fraction of sp³-hybridized carbons (Fsp3) is 0. The van der Waals surface area contributed by atoms with Gasteiger partial charge in [-0.3, -0.25) is 4.79 Å². The molecule has 138 valence electrons. The molecule has 0 atom stereocenters. The molecule has 0 bridgehead atoms. The van der Waals surface area contributed by atoms with Crippen molar-refractivity contribution >= 4 is 39.1 Å². The highest BCUT2D eigenvalue weighted by atomic mass is 79.9. The van der Waals surface area contributed by atoms with Crippen LogP contribution in [-0.4, -0.2) is 10.9 Å². The van der Waals surface area contributed by atoms with Crippen molar-refractivity contribution in [2.24, 2.45) is 0 Å². The second kappa shape index (κ2) is 8.00. The average molecular weight is 454 g/mol. The summed E-state index contributed by atoms with van der Waals surface area (Å²) in [5.74, 6) is 0.755. The number of nitrogens with zero attached hydrogens (tertiary/aromatic N) is 1. The largest absolute Gasteiger partial charge is 0.436 e. The molecule has 0 aliphatic heterocycles. The molecule has 0 saturated carbocycles. The standard InChI is InChI=1S/C22H14BrClN2O2/c23-15-7-11-17(12-8-15)26-21(27)18-3-1-2-4-19(18)22-25-13-20(28-22)14-5-9-16(24)10-6-14/h1-13H,(H,26,27). The van der Waals surface area contributed by atoms with Gasteiger partial charge in [-0.2, -0.15) is 0 Å². The van der Waals surface area contributed by atoms with Gasteiger partial charge in [-0.25, -0.2) is 4.98 Å². The molecular formula is C22H14BrClN2O2. The summed E-state index contributed by atoms with van der Waals surface area (Å²) in [5, 5.41) is 3.55. The predicted octanol–water partition coefficient (Wildman–Crippen LogP) is 6.68. The van der Waals surface area contributed by atoms with Crippen molar-refractivity contribution in [2.45, 2.75) is 0 Å². The van der Waals surface area contributed by atoms with Gasteiger partial charge in [0.05, 0.1) is 11.8 Å². The lowest BCUT2D eigenvalue weighted by atomic mass is 10.1. The van der Waals surface area contributed by atoms with E-state index >= 15 is 0 Å². The number of carbonyl (C=O) groups excluding carboxylic acids is 1. The van der Waals surface area contributed by atoms with E-state index in [0.717, 1.165) is 10.0 Å². The Morgan fingerprint density at radius 2 is 1.68 bits per heavy atom. The van der Waals surface area contributed by atoms with Gasteiger partial charge in [0.15, 0.2) is 5.76 Å². The van der Waals surface area contributed by atoms with Crippen molar-refractivity contribution < 1.29 is 9.21 Å². The van der Waals surface area contributed by atoms with E-state index in [2.05, 4.69) is 26.2 Å². The summed E-state index contributed by atoms with van der Waals surface area (Å²) in [4.78, 5) is 17.2. The molecule has 4 nitrogen and oxygen atoms in total. The zero-order valence-corrected chi connectivity index (χ0v) is 16.9. The summed E-state index contributed by atoms with van der Waals surface area (Å²) in [6.07, 6.45) is 1.64. The number of hydrogen-bond acceptors (Lipinski definition) is 3. The highest BCUT2D eigenvalue weighted by Gasteiger charge is 2.17. The smallest absolute Gasteiger partial charge is 0.256 e. The van der Waals surface area contributed by atoms with Gasteiger partial charge in [-0.05, 0) is 60.7 Å². The van der Waals surface area contributed by atoms with E-state index in [-0.39, 0.29) is 5.91 Å². The summed E-state index contributed by atoms with van der Waals surface area (Å²) >= 11 is 9.32. The lowest BCUT2D eigenvalue weighted by Gasteiger charge is -2.08. The lowest BCUT2D eigenvalue weighted by molar-refractivity contribution is 0.102. The molecule has 0 unspecified atom stereocenters. The van der Waals surface area contributed by atoms with Crippen LogP contribution in [0.5, 0.6) is 0 Å². The normalized spacial score (nSPS) is 10.6. The molecule has 1 amide bonds. The van der Waals surface area contributed by atoms with Crippen LogP contribution in [0.2, 0.25) is 5.02 Å². The number of halogens is 2. The van der Waals surface area contributed by atoms with E-state index in [4.69, 9.17) is 16.0 Å². The van der Waals surface area contributed by atoms with Crippen molar-refractivity contribution in [1.82, 2.24) is 4.98 Å². The van der Waals surface area contributed by atoms with E-state index < -0.39 is 0 Å². The number of aromatic nitrogens is 1. The van der Waals surface area contributed by atoms with Gasteiger partial charge in [0.25, 0.3) is 5.91 Å². The van der Waals surface area contributed by atoms with Gasteiger partial charge in [0.1, 0.15) is 0 Å². The number of amides is 1. The Balaban J connectivity index is 1.63. The molecule has 3 aromatic carbocycles. The molecule has 0 aliphatic carbocycles. The van der Waals surface area contributed by atoms with Crippen molar-refractivity contribution in [2.75, 3.05) is 5.32 Å². The Labute approximate surface area is 175 Å². The first-order valence-corrected chi connectivity index (χ1v) is 9.65. The van der Waals surface area contributed by atoms with E-state index in [1.54, 1.807) is 24.4 Å². The van der Waals surface area contributed by atoms with Crippen LogP contribution in [0.25, 0.3) is 22.8 Å². The topological polar surface area (TPSA) is 55.1 Å². The van der Waals surface area contributed by atoms with Crippen LogP contribution in [0, 0.1) is 0 Å². The molecule has 1 aromatic heterocycles. The molecule has 0 radical (unpaired) electrons. The van der Waals surface area contributed by atoms with Gasteiger partial charge in [0, 0.05) is 26.3 Å². The van der Waals surface area contributed by atoms with Crippen LogP contribution in [0.15, 0.2) is 87.9 Å². The molecule has 1 heterocycles. The number of hydrogen-bond donors (Lipinski definition) is 1. The molecule has 28 heavy (non-hydrogen) atoms. The third kappa shape index (κ3) is 4.01. The highest BCUT2D eigenvalue weighted by Crippen LogP contribution is 2.29. The molecule has 0 fully saturated rings. The minimum absolute atomic E-state index is 0.232. The number of rotatable bonds is 4. The molecule has 6 heteroatoms. The molecule has 0 aliphatic rings. The Hall–Kier alpha value is -2.89. The van der Waals surface area contributed by atoms with Gasteiger partial charge in [-0.15, -0.1) is 0 Å². The van der Waals surface area contributed by atoms with Crippen molar-refractivity contribution in [1.29, 1.82) is 0 Å². The molecule has 4 aromatic rings. The minimum Gasteiger partial charge on any atom is -0.436 e. The van der Waals surface area contributed by atoms with Gasteiger partial charge < -0.3 is 9.73 Å². The molecule has 4 rings (SSSR count). The van der Waals surface area contributed by atoms with Crippen molar-refractivity contribution in [3.8, 4) is 22.8 Å². The molecule has 0 saturated heterocycles. The van der Waals surface area contributed by atoms with Gasteiger partial charge in [0.2, 0.25) is 5.89 Å². The Morgan fingerprint density at radius 1 is 0.964 bits per heavy atom. The van der Waals surface area contributed by atoms with Crippen LogP contribution in [-0.2, 0) is 0 Å². The Bertz CT molecular complexity index is 1120. The highest BCUT2D eigenvalue weighted by molar-refractivity contribution is 9.10. The zero-order chi connectivity index (χ0) is 19.5. The number of benzene rings is 3. The summed E-state index contributed by atoms with van der Waals surface area (Å²) in [5.41, 5.74) is 2.67. The first-order chi connectivity index (χ1) is 13.6. The Kier molecular flexibility index (Phi) is 5.28. The van der Waals surface area contributed by atoms with E-state index in [0.29, 0.717) is 33.5 Å². The minimum atomic E-state index is -0.232. The van der Waals surface area contributed by atoms with Gasteiger partial charge >= 0.3 is 0 Å². The van der Waals surface area contributed by atoms with Crippen LogP contribution in [0.1, 0.15) is 10.4 Å². The average Bonchev–Trinajstić information content (AvgIpc) is 3.20. The Morgan fingerprint density at radius 3 is 2.43 bits per heavy atom. The van der Waals surface area contributed by atoms with Crippen molar-refractivity contribution in [3.63, 3.8) is 0 Å². The number of oxazole rings is 1. The first-order valence-electron chi connectivity index (χ1n) is 8.48. The van der Waals surface area contributed by atoms with E-state index in [9.17, 15) is 4.79 Å². The van der Waals surface area contributed by atoms with Crippen LogP contribution in [0.3, 0.4) is 0 Å². The lowest BCUT2D eigenvalue weighted by Crippen LogP contribution is -2.13. The zero-order valence-electron chi connectivity index (χ0n) is 14.5. The second-order valence-corrected chi connectivity index (χ2v) is 7.40. The second-order valence-electron chi connectivity index (χ2n) is 6.04. The van der Waals surface area contributed by atoms with Gasteiger partial charge in [-0.1, -0.05) is 39.7 Å². The van der Waals surface area contributed by atoms with Crippen molar-refractivity contribution in [3.05, 3.63) is 94.1 Å². The number of anilines is 1. The summed E-state index contributed by atoms with van der Waals surface area (Å²) in [6.45, 7) is 0.